The van der Waals surface area contributed by atoms with Crippen LogP contribution in [0, 0.1) is 5.92 Å². The van der Waals surface area contributed by atoms with Gasteiger partial charge in [0.1, 0.15) is 10.1 Å². The highest BCUT2D eigenvalue weighted by Gasteiger charge is 2.50. The highest BCUT2D eigenvalue weighted by molar-refractivity contribution is 6.50. The molecule has 1 aromatic rings. The van der Waals surface area contributed by atoms with E-state index in [0.717, 1.165) is 24.3 Å². The van der Waals surface area contributed by atoms with Crippen LogP contribution in [0.1, 0.15) is 12.0 Å². The van der Waals surface area contributed by atoms with Gasteiger partial charge in [-0.2, -0.15) is 0 Å². The van der Waals surface area contributed by atoms with Gasteiger partial charge >= 0.3 is 11.9 Å². The van der Waals surface area contributed by atoms with Gasteiger partial charge in [0.05, 0.1) is 26.4 Å². The van der Waals surface area contributed by atoms with Gasteiger partial charge in [-0.05, 0) is 24.1 Å². The summed E-state index contributed by atoms with van der Waals surface area (Å²) >= 11 is 11.8. The maximum Gasteiger partial charge on any atom is 0.414 e. The predicted molar refractivity (Wildman–Crippen MR) is 99.3 cm³/mol. The van der Waals surface area contributed by atoms with Crippen molar-refractivity contribution in [1.82, 2.24) is 5.32 Å². The standard InChI is InChI=1S/C15H21Cl2NO3.C2H2O4/c1-20-14-4-2-11(3-5-14)9-21-10-13(19)8-18-7-12-6-15(12,16)17;3-1(4)2(5)6/h2-5,12-13,18-19H,6-10H2,1H3;(H,3,4)(H,5,6). The van der Waals surface area contributed by atoms with Gasteiger partial charge in [-0.3, -0.25) is 0 Å². The molecule has 0 radical (unpaired) electrons. The van der Waals surface area contributed by atoms with Crippen molar-refractivity contribution in [1.29, 1.82) is 0 Å². The van der Waals surface area contributed by atoms with Crippen LogP contribution in [0.25, 0.3) is 0 Å². The summed E-state index contributed by atoms with van der Waals surface area (Å²) in [4.78, 5) is 18.2. The molecule has 2 atom stereocenters. The van der Waals surface area contributed by atoms with Gasteiger partial charge in [-0.1, -0.05) is 12.1 Å². The molecule has 0 spiro atoms. The summed E-state index contributed by atoms with van der Waals surface area (Å²) in [5, 5.41) is 27.7. The van der Waals surface area contributed by atoms with E-state index in [1.807, 2.05) is 24.3 Å². The van der Waals surface area contributed by atoms with Gasteiger partial charge in [0.2, 0.25) is 0 Å². The molecule has 4 N–H and O–H groups in total. The molecule has 1 fully saturated rings. The average molecular weight is 424 g/mol. The third kappa shape index (κ3) is 9.78. The Bertz CT molecular complexity index is 598. The first-order valence-electron chi connectivity index (χ1n) is 8.09. The lowest BCUT2D eigenvalue weighted by atomic mass is 10.2. The van der Waals surface area contributed by atoms with Gasteiger partial charge in [0, 0.05) is 19.0 Å². The van der Waals surface area contributed by atoms with Crippen LogP contribution >= 0.6 is 23.2 Å². The van der Waals surface area contributed by atoms with Crippen LogP contribution in [0.4, 0.5) is 0 Å². The Morgan fingerprint density at radius 1 is 1.26 bits per heavy atom. The number of rotatable bonds is 9. The molecule has 1 saturated carbocycles. The minimum absolute atomic E-state index is 0.285. The molecule has 8 nitrogen and oxygen atoms in total. The van der Waals surface area contributed by atoms with Gasteiger partial charge in [0.15, 0.2) is 0 Å². The number of hydrogen-bond donors (Lipinski definition) is 4. The number of hydrogen-bond acceptors (Lipinski definition) is 6. The monoisotopic (exact) mass is 423 g/mol. The molecule has 1 aromatic carbocycles. The summed E-state index contributed by atoms with van der Waals surface area (Å²) in [5.74, 6) is -2.55. The molecule has 27 heavy (non-hydrogen) atoms. The molecule has 1 aliphatic rings. The van der Waals surface area contributed by atoms with Crippen molar-refractivity contribution in [2.45, 2.75) is 23.5 Å². The highest BCUT2D eigenvalue weighted by atomic mass is 35.5. The predicted octanol–water partition coefficient (Wildman–Crippen LogP) is 1.51. The van der Waals surface area contributed by atoms with Crippen LogP contribution in [-0.4, -0.2) is 64.5 Å². The molecule has 0 heterocycles. The number of carboxylic acids is 2. The van der Waals surface area contributed by atoms with Gasteiger partial charge in [0.25, 0.3) is 0 Å². The zero-order chi connectivity index (χ0) is 20.4. The normalized spacial score (nSPS) is 18.0. The second-order valence-corrected chi connectivity index (χ2v) is 7.49. The Balaban J connectivity index is 0.000000527. The van der Waals surface area contributed by atoms with E-state index in [2.05, 4.69) is 5.32 Å². The summed E-state index contributed by atoms with van der Waals surface area (Å²) in [5.41, 5.74) is 1.04. The molecule has 0 amide bonds. The smallest absolute Gasteiger partial charge is 0.414 e. The number of methoxy groups -OCH3 is 1. The Morgan fingerprint density at radius 3 is 2.26 bits per heavy atom. The SMILES string of the molecule is COc1ccc(COCC(O)CNCC2CC2(Cl)Cl)cc1.O=C(O)C(=O)O. The van der Waals surface area contributed by atoms with Crippen molar-refractivity contribution >= 4 is 35.1 Å². The minimum Gasteiger partial charge on any atom is -0.497 e. The molecule has 2 rings (SSSR count). The topological polar surface area (TPSA) is 125 Å². The van der Waals surface area contributed by atoms with E-state index < -0.39 is 22.4 Å². The number of benzene rings is 1. The lowest BCUT2D eigenvalue weighted by Crippen LogP contribution is -2.32. The second kappa shape index (κ2) is 11.3. The van der Waals surface area contributed by atoms with E-state index in [9.17, 15) is 5.11 Å². The summed E-state index contributed by atoms with van der Waals surface area (Å²) in [6, 6.07) is 7.65. The Morgan fingerprint density at radius 2 is 1.81 bits per heavy atom. The molecular weight excluding hydrogens is 401 g/mol. The number of aliphatic carboxylic acids is 2. The van der Waals surface area contributed by atoms with Crippen molar-refractivity contribution in [2.24, 2.45) is 5.92 Å². The zero-order valence-corrected chi connectivity index (χ0v) is 16.2. The minimum atomic E-state index is -1.82. The van der Waals surface area contributed by atoms with Crippen LogP contribution < -0.4 is 10.1 Å². The zero-order valence-electron chi connectivity index (χ0n) is 14.7. The average Bonchev–Trinajstić information content (AvgIpc) is 3.22. The first-order chi connectivity index (χ1) is 12.7. The third-order valence-corrected chi connectivity index (χ3v) is 4.57. The van der Waals surface area contributed by atoms with Crippen LogP contribution in [-0.2, 0) is 20.9 Å². The highest BCUT2D eigenvalue weighted by Crippen LogP contribution is 2.52. The lowest BCUT2D eigenvalue weighted by molar-refractivity contribution is -0.159. The lowest BCUT2D eigenvalue weighted by Gasteiger charge is -2.12. The van der Waals surface area contributed by atoms with Crippen molar-refractivity contribution in [3.05, 3.63) is 29.8 Å². The van der Waals surface area contributed by atoms with E-state index in [-0.39, 0.29) is 12.5 Å². The second-order valence-electron chi connectivity index (χ2n) is 5.95. The molecular formula is C17H23Cl2NO7. The van der Waals surface area contributed by atoms with Crippen molar-refractivity contribution < 1.29 is 34.4 Å². The molecule has 1 aliphatic carbocycles. The fourth-order valence-corrected chi connectivity index (χ4v) is 2.54. The number of nitrogens with one attached hydrogen (secondary N) is 1. The van der Waals surface area contributed by atoms with Gasteiger partial charge < -0.3 is 30.1 Å². The van der Waals surface area contributed by atoms with E-state index in [1.54, 1.807) is 7.11 Å². The molecule has 2 unspecified atom stereocenters. The maximum atomic E-state index is 9.80. The molecule has 0 aromatic heterocycles. The molecule has 0 aliphatic heterocycles. The van der Waals surface area contributed by atoms with Gasteiger partial charge in [-0.25, -0.2) is 9.59 Å². The molecule has 10 heteroatoms. The first-order valence-corrected chi connectivity index (χ1v) is 8.84. The molecule has 0 bridgehead atoms. The largest absolute Gasteiger partial charge is 0.497 e. The van der Waals surface area contributed by atoms with Crippen LogP contribution in [0.3, 0.4) is 0 Å². The number of aliphatic hydroxyl groups excluding tert-OH is 1. The van der Waals surface area contributed by atoms with E-state index >= 15 is 0 Å². The summed E-state index contributed by atoms with van der Waals surface area (Å²) < 4.78 is 10.0. The van der Waals surface area contributed by atoms with Crippen LogP contribution in [0.5, 0.6) is 5.75 Å². The van der Waals surface area contributed by atoms with Crippen molar-refractivity contribution in [2.75, 3.05) is 26.8 Å². The summed E-state index contributed by atoms with van der Waals surface area (Å²) in [6.45, 7) is 1.96. The molecule has 0 saturated heterocycles. The van der Waals surface area contributed by atoms with Crippen LogP contribution in [0.15, 0.2) is 24.3 Å². The fraction of sp³-hybridized carbons (Fsp3) is 0.529. The fourth-order valence-electron chi connectivity index (χ4n) is 2.01. The van der Waals surface area contributed by atoms with E-state index in [4.69, 9.17) is 52.5 Å². The number of carbonyl (C=O) groups is 2. The van der Waals surface area contributed by atoms with E-state index in [1.165, 1.54) is 0 Å². The number of ether oxygens (including phenoxy) is 2. The number of carboxylic acid groups (broad SMARTS) is 2. The number of aliphatic hydroxyl groups is 1. The van der Waals surface area contributed by atoms with Crippen LogP contribution in [0.2, 0.25) is 0 Å². The number of halogens is 2. The summed E-state index contributed by atoms with van der Waals surface area (Å²) in [7, 11) is 1.63. The quantitative estimate of drug-likeness (QED) is 0.347. The Labute approximate surface area is 167 Å². The van der Waals surface area contributed by atoms with E-state index in [0.29, 0.717) is 13.2 Å². The summed E-state index contributed by atoms with van der Waals surface area (Å²) in [6.07, 6.45) is 0.273. The van der Waals surface area contributed by atoms with Crippen molar-refractivity contribution in [3.8, 4) is 5.75 Å². The Kier molecular flexibility index (Phi) is 9.82. The molecule has 152 valence electrons. The Hall–Kier alpha value is -1.58. The third-order valence-electron chi connectivity index (χ3n) is 3.65. The van der Waals surface area contributed by atoms with Gasteiger partial charge in [-0.15, -0.1) is 23.2 Å². The first kappa shape index (κ1) is 23.5. The number of alkyl halides is 2. The van der Waals surface area contributed by atoms with Crippen molar-refractivity contribution in [3.63, 3.8) is 0 Å². The maximum absolute atomic E-state index is 9.80.